The van der Waals surface area contributed by atoms with Crippen molar-refractivity contribution in [2.75, 3.05) is 13.1 Å². The van der Waals surface area contributed by atoms with Crippen molar-refractivity contribution in [1.82, 2.24) is 14.9 Å². The molecule has 19 heavy (non-hydrogen) atoms. The second-order valence-corrected chi connectivity index (χ2v) is 4.43. The predicted octanol–water partition coefficient (Wildman–Crippen LogP) is 1.58. The Morgan fingerprint density at radius 2 is 2.11 bits per heavy atom. The minimum Gasteiger partial charge on any atom is -0.333 e. The molecule has 0 spiro atoms. The van der Waals surface area contributed by atoms with Crippen LogP contribution in [0.25, 0.3) is 0 Å². The zero-order valence-corrected chi connectivity index (χ0v) is 12.5. The summed E-state index contributed by atoms with van der Waals surface area (Å²) in [4.78, 5) is 22.3. The van der Waals surface area contributed by atoms with E-state index >= 15 is 0 Å². The quantitative estimate of drug-likeness (QED) is 0.900. The van der Waals surface area contributed by atoms with Gasteiger partial charge in [0, 0.05) is 25.3 Å². The number of likely N-dealkylation sites (tertiary alicyclic amines) is 1. The van der Waals surface area contributed by atoms with Gasteiger partial charge in [0.15, 0.2) is 0 Å². The van der Waals surface area contributed by atoms with Crippen molar-refractivity contribution in [3.05, 3.63) is 23.8 Å². The van der Waals surface area contributed by atoms with Gasteiger partial charge in [0.25, 0.3) is 5.91 Å². The van der Waals surface area contributed by atoms with Crippen molar-refractivity contribution >= 4 is 30.7 Å². The average Bonchev–Trinajstić information content (AvgIpc) is 2.39. The van der Waals surface area contributed by atoms with Crippen LogP contribution in [0.3, 0.4) is 0 Å². The number of halogens is 2. The van der Waals surface area contributed by atoms with Crippen molar-refractivity contribution in [1.29, 1.82) is 0 Å². The largest absolute Gasteiger partial charge is 0.333 e. The second-order valence-electron chi connectivity index (χ2n) is 4.43. The number of carbonyl (C=O) groups excluding carboxylic acids is 1. The molecule has 0 saturated carbocycles. The van der Waals surface area contributed by atoms with E-state index in [1.54, 1.807) is 12.4 Å². The van der Waals surface area contributed by atoms with Crippen LogP contribution in [-0.2, 0) is 0 Å². The lowest BCUT2D eigenvalue weighted by molar-refractivity contribution is 0.0616. The molecule has 1 saturated heterocycles. The number of aryl methyl sites for hydroxylation is 1. The van der Waals surface area contributed by atoms with E-state index in [1.807, 2.05) is 11.8 Å². The molecule has 1 unspecified atom stereocenters. The van der Waals surface area contributed by atoms with Crippen molar-refractivity contribution in [2.24, 2.45) is 5.73 Å². The zero-order valence-electron chi connectivity index (χ0n) is 10.9. The maximum Gasteiger partial charge on any atom is 0.274 e. The van der Waals surface area contributed by atoms with Crippen molar-refractivity contribution in [3.8, 4) is 0 Å². The Kier molecular flexibility index (Phi) is 7.90. The van der Waals surface area contributed by atoms with Crippen LogP contribution in [0.2, 0.25) is 0 Å². The van der Waals surface area contributed by atoms with E-state index in [0.717, 1.165) is 31.5 Å². The molecule has 0 aromatic carbocycles. The lowest BCUT2D eigenvalue weighted by atomic mass is 10.0. The van der Waals surface area contributed by atoms with Gasteiger partial charge in [-0.1, -0.05) is 0 Å². The van der Waals surface area contributed by atoms with Gasteiger partial charge in [-0.3, -0.25) is 9.78 Å². The summed E-state index contributed by atoms with van der Waals surface area (Å²) >= 11 is 0. The van der Waals surface area contributed by atoms with Gasteiger partial charge >= 0.3 is 0 Å². The molecule has 0 aliphatic carbocycles. The number of piperidine rings is 1. The SMILES string of the molecule is Cc1cnc(C(=O)N2CCCCC2CN)cn1.Cl.Cl. The Morgan fingerprint density at radius 1 is 1.37 bits per heavy atom. The molecular weight excluding hydrogens is 287 g/mol. The number of aromatic nitrogens is 2. The van der Waals surface area contributed by atoms with Gasteiger partial charge in [-0.2, -0.15) is 0 Å². The normalized spacial score (nSPS) is 18.2. The summed E-state index contributed by atoms with van der Waals surface area (Å²) in [5.74, 6) is -0.0485. The molecule has 0 radical (unpaired) electrons. The highest BCUT2D eigenvalue weighted by Crippen LogP contribution is 2.18. The van der Waals surface area contributed by atoms with Gasteiger partial charge < -0.3 is 10.6 Å². The lowest BCUT2D eigenvalue weighted by Gasteiger charge is -2.34. The first-order valence-corrected chi connectivity index (χ1v) is 6.02. The maximum absolute atomic E-state index is 12.2. The maximum atomic E-state index is 12.2. The van der Waals surface area contributed by atoms with Crippen LogP contribution >= 0.6 is 24.8 Å². The molecule has 1 atom stereocenters. The number of nitrogens with two attached hydrogens (primary N) is 1. The summed E-state index contributed by atoms with van der Waals surface area (Å²) in [6.07, 6.45) is 6.34. The fraction of sp³-hybridized carbons (Fsp3) is 0.583. The van der Waals surface area contributed by atoms with Crippen LogP contribution in [-0.4, -0.2) is 39.9 Å². The molecule has 2 N–H and O–H groups in total. The van der Waals surface area contributed by atoms with Crippen LogP contribution in [0.15, 0.2) is 12.4 Å². The molecule has 1 aromatic rings. The first kappa shape index (κ1) is 18.1. The lowest BCUT2D eigenvalue weighted by Crippen LogP contribution is -2.47. The van der Waals surface area contributed by atoms with E-state index in [9.17, 15) is 4.79 Å². The summed E-state index contributed by atoms with van der Waals surface area (Å²) in [6.45, 7) is 3.14. The van der Waals surface area contributed by atoms with E-state index in [1.165, 1.54) is 0 Å². The highest BCUT2D eigenvalue weighted by molar-refractivity contribution is 5.92. The number of hydrogen-bond acceptors (Lipinski definition) is 4. The molecule has 1 aliphatic rings. The number of hydrogen-bond donors (Lipinski definition) is 1. The Hall–Kier alpha value is -0.910. The van der Waals surface area contributed by atoms with E-state index in [4.69, 9.17) is 5.73 Å². The molecule has 1 amide bonds. The summed E-state index contributed by atoms with van der Waals surface area (Å²) < 4.78 is 0. The van der Waals surface area contributed by atoms with Gasteiger partial charge in [0.05, 0.1) is 11.9 Å². The van der Waals surface area contributed by atoms with Crippen molar-refractivity contribution < 1.29 is 4.79 Å². The monoisotopic (exact) mass is 306 g/mol. The minimum atomic E-state index is -0.0485. The molecule has 1 fully saturated rings. The number of nitrogens with zero attached hydrogens (tertiary/aromatic N) is 3. The van der Waals surface area contributed by atoms with Crippen molar-refractivity contribution in [3.63, 3.8) is 0 Å². The van der Waals surface area contributed by atoms with Crippen LogP contribution < -0.4 is 5.73 Å². The number of rotatable bonds is 2. The molecule has 2 rings (SSSR count). The first-order chi connectivity index (χ1) is 8.22. The minimum absolute atomic E-state index is 0. The topological polar surface area (TPSA) is 72.1 Å². The molecule has 1 aromatic heterocycles. The molecule has 5 nitrogen and oxygen atoms in total. The Balaban J connectivity index is 0.00000162. The highest BCUT2D eigenvalue weighted by Gasteiger charge is 2.27. The first-order valence-electron chi connectivity index (χ1n) is 6.02. The third kappa shape index (κ3) is 4.30. The molecular formula is C12H20Cl2N4O. The fourth-order valence-electron chi connectivity index (χ4n) is 2.16. The Morgan fingerprint density at radius 3 is 2.68 bits per heavy atom. The van der Waals surface area contributed by atoms with Gasteiger partial charge in [-0.15, -0.1) is 24.8 Å². The van der Waals surface area contributed by atoms with Crippen LogP contribution in [0.5, 0.6) is 0 Å². The van der Waals surface area contributed by atoms with E-state index in [0.29, 0.717) is 12.2 Å². The smallest absolute Gasteiger partial charge is 0.274 e. The number of amides is 1. The third-order valence-electron chi connectivity index (χ3n) is 3.16. The van der Waals surface area contributed by atoms with Crippen LogP contribution in [0.4, 0.5) is 0 Å². The summed E-state index contributed by atoms with van der Waals surface area (Å²) in [7, 11) is 0. The Bertz CT molecular complexity index is 399. The second kappa shape index (κ2) is 8.30. The zero-order chi connectivity index (χ0) is 12.3. The van der Waals surface area contributed by atoms with E-state index < -0.39 is 0 Å². The van der Waals surface area contributed by atoms with Gasteiger partial charge in [0.1, 0.15) is 5.69 Å². The van der Waals surface area contributed by atoms with Crippen molar-refractivity contribution in [2.45, 2.75) is 32.2 Å². The van der Waals surface area contributed by atoms with Gasteiger partial charge in [0.2, 0.25) is 0 Å². The highest BCUT2D eigenvalue weighted by atomic mass is 35.5. The van der Waals surface area contributed by atoms with Crippen LogP contribution in [0, 0.1) is 6.92 Å². The fourth-order valence-corrected chi connectivity index (χ4v) is 2.16. The van der Waals surface area contributed by atoms with Gasteiger partial charge in [-0.25, -0.2) is 4.98 Å². The summed E-state index contributed by atoms with van der Waals surface area (Å²) in [5.41, 5.74) is 6.93. The molecule has 2 heterocycles. The Labute approximate surface area is 125 Å². The number of carbonyl (C=O) groups is 1. The molecule has 0 bridgehead atoms. The standard InChI is InChI=1S/C12H18N4O.2ClH/c1-9-7-15-11(8-14-9)12(17)16-5-3-2-4-10(16)6-13;;/h7-8,10H,2-6,13H2,1H3;2*1H. The third-order valence-corrected chi connectivity index (χ3v) is 3.16. The molecule has 7 heteroatoms. The molecule has 1 aliphatic heterocycles. The summed E-state index contributed by atoms with van der Waals surface area (Å²) in [5, 5.41) is 0. The predicted molar refractivity (Wildman–Crippen MR) is 79.0 cm³/mol. The van der Waals surface area contributed by atoms with E-state index in [-0.39, 0.29) is 36.8 Å². The van der Waals surface area contributed by atoms with Crippen LogP contribution in [0.1, 0.15) is 35.4 Å². The molecule has 108 valence electrons. The van der Waals surface area contributed by atoms with E-state index in [2.05, 4.69) is 9.97 Å². The average molecular weight is 307 g/mol. The van der Waals surface area contributed by atoms with Gasteiger partial charge in [-0.05, 0) is 26.2 Å². The summed E-state index contributed by atoms with van der Waals surface area (Å²) in [6, 6.07) is 0.152.